The first-order valence-electron chi connectivity index (χ1n) is 6.48. The molecule has 1 aromatic rings. The summed E-state index contributed by atoms with van der Waals surface area (Å²) >= 11 is 0. The van der Waals surface area contributed by atoms with Gasteiger partial charge >= 0.3 is 6.09 Å². The quantitative estimate of drug-likeness (QED) is 0.763. The number of amides is 1. The third-order valence-corrected chi connectivity index (χ3v) is 3.53. The minimum absolute atomic E-state index is 0.173. The number of piperidine rings is 1. The van der Waals surface area contributed by atoms with Gasteiger partial charge in [0.05, 0.1) is 19.3 Å². The Morgan fingerprint density at radius 2 is 1.89 bits per heavy atom. The van der Waals surface area contributed by atoms with Gasteiger partial charge in [0.1, 0.15) is 6.61 Å². The molecular weight excluding hydrogens is 226 g/mol. The fourth-order valence-corrected chi connectivity index (χ4v) is 2.36. The maximum atomic E-state index is 12.2. The molecule has 1 amide bonds. The maximum Gasteiger partial charge on any atom is 0.521 e. The number of carbonyl (C=O) groups is 1. The highest BCUT2D eigenvalue weighted by atomic mass is 16.6. The van der Waals surface area contributed by atoms with Crippen LogP contribution in [0.3, 0.4) is 0 Å². The largest absolute Gasteiger partial charge is 0.521 e. The van der Waals surface area contributed by atoms with E-state index in [2.05, 4.69) is 6.58 Å². The second-order valence-corrected chi connectivity index (χ2v) is 4.76. The molecule has 96 valence electrons. The number of likely N-dealkylation sites (tertiary alicyclic amines) is 1. The molecule has 0 radical (unpaired) electrons. The zero-order valence-corrected chi connectivity index (χ0v) is 10.7. The molecule has 0 unspecified atom stereocenters. The van der Waals surface area contributed by atoms with Crippen molar-refractivity contribution in [3.05, 3.63) is 48.7 Å². The summed E-state index contributed by atoms with van der Waals surface area (Å²) in [5.74, 6) is 0. The van der Waals surface area contributed by atoms with Gasteiger partial charge in [0.15, 0.2) is 0 Å². The highest BCUT2D eigenvalue weighted by molar-refractivity contribution is 5.60. The van der Waals surface area contributed by atoms with Crippen molar-refractivity contribution < 1.29 is 14.0 Å². The molecule has 3 heteroatoms. The van der Waals surface area contributed by atoms with Crippen molar-refractivity contribution in [1.82, 2.24) is 0 Å². The van der Waals surface area contributed by atoms with Gasteiger partial charge in [-0.1, -0.05) is 30.3 Å². The van der Waals surface area contributed by atoms with Gasteiger partial charge < -0.3 is 4.74 Å². The lowest BCUT2D eigenvalue weighted by Crippen LogP contribution is -2.51. The molecule has 1 saturated heterocycles. The molecule has 0 spiro atoms. The molecule has 1 aliphatic rings. The van der Waals surface area contributed by atoms with Gasteiger partial charge in [0, 0.05) is 0 Å². The van der Waals surface area contributed by atoms with E-state index in [0.29, 0.717) is 6.61 Å². The van der Waals surface area contributed by atoms with Gasteiger partial charge in [-0.2, -0.15) is 9.28 Å². The third-order valence-electron chi connectivity index (χ3n) is 3.53. The molecule has 1 aromatic carbocycles. The fourth-order valence-electron chi connectivity index (χ4n) is 2.36. The summed E-state index contributed by atoms with van der Waals surface area (Å²) in [7, 11) is 0. The summed E-state index contributed by atoms with van der Waals surface area (Å²) < 4.78 is 5.69. The second-order valence-electron chi connectivity index (χ2n) is 4.76. The first-order valence-corrected chi connectivity index (χ1v) is 6.48. The summed E-state index contributed by atoms with van der Waals surface area (Å²) in [4.78, 5) is 12.2. The highest BCUT2D eigenvalue weighted by Crippen LogP contribution is 2.21. The summed E-state index contributed by atoms with van der Waals surface area (Å²) in [5.41, 5.74) is 1.02. The number of hydrogen-bond donors (Lipinski definition) is 0. The SMILES string of the molecule is C=C[N+]1(C(=O)OCc2ccccc2)CCCCC1. The monoisotopic (exact) mass is 246 g/mol. The Morgan fingerprint density at radius 1 is 1.22 bits per heavy atom. The van der Waals surface area contributed by atoms with Crippen LogP contribution in [0.25, 0.3) is 0 Å². The Hall–Kier alpha value is -1.61. The van der Waals surface area contributed by atoms with E-state index < -0.39 is 0 Å². The van der Waals surface area contributed by atoms with Crippen LogP contribution in [0.5, 0.6) is 0 Å². The maximum absolute atomic E-state index is 12.2. The van der Waals surface area contributed by atoms with E-state index in [-0.39, 0.29) is 10.6 Å². The molecule has 0 aromatic heterocycles. The van der Waals surface area contributed by atoms with Gasteiger partial charge in [0.25, 0.3) is 0 Å². The Labute approximate surface area is 108 Å². The molecule has 0 N–H and O–H groups in total. The van der Waals surface area contributed by atoms with Crippen LogP contribution in [0.2, 0.25) is 0 Å². The van der Waals surface area contributed by atoms with Crippen LogP contribution in [-0.4, -0.2) is 23.7 Å². The second kappa shape index (κ2) is 5.83. The van der Waals surface area contributed by atoms with Crippen molar-refractivity contribution in [2.75, 3.05) is 13.1 Å². The Morgan fingerprint density at radius 3 is 2.50 bits per heavy atom. The standard InChI is InChI=1S/C15H20NO2/c1-2-16(11-7-4-8-12-16)15(17)18-13-14-9-5-3-6-10-14/h2-3,5-6,9-10H,1,4,7-8,11-13H2/q+1. The minimum Gasteiger partial charge on any atom is -0.415 e. The normalized spacial score (nSPS) is 18.0. The summed E-state index contributed by atoms with van der Waals surface area (Å²) in [6.45, 7) is 5.78. The number of carbonyl (C=O) groups excluding carboxylic acids is 1. The number of rotatable bonds is 3. The molecule has 3 nitrogen and oxygen atoms in total. The molecular formula is C15H20NO2+. The van der Waals surface area contributed by atoms with Crippen molar-refractivity contribution in [2.24, 2.45) is 0 Å². The Kier molecular flexibility index (Phi) is 4.15. The van der Waals surface area contributed by atoms with E-state index in [1.165, 1.54) is 6.42 Å². The molecule has 1 aliphatic heterocycles. The molecule has 0 saturated carbocycles. The lowest BCUT2D eigenvalue weighted by Gasteiger charge is -2.33. The van der Waals surface area contributed by atoms with Crippen molar-refractivity contribution >= 4 is 6.09 Å². The molecule has 18 heavy (non-hydrogen) atoms. The van der Waals surface area contributed by atoms with E-state index in [1.807, 2.05) is 30.3 Å². The molecule has 0 bridgehead atoms. The van der Waals surface area contributed by atoms with E-state index in [0.717, 1.165) is 31.5 Å². The lowest BCUT2D eigenvalue weighted by atomic mass is 10.1. The molecule has 0 atom stereocenters. The van der Waals surface area contributed by atoms with Crippen LogP contribution < -0.4 is 0 Å². The first-order chi connectivity index (χ1) is 8.77. The topological polar surface area (TPSA) is 26.3 Å². The van der Waals surface area contributed by atoms with Crippen molar-refractivity contribution in [3.63, 3.8) is 0 Å². The smallest absolute Gasteiger partial charge is 0.415 e. The predicted octanol–water partition coefficient (Wildman–Crippen LogP) is 3.47. The highest BCUT2D eigenvalue weighted by Gasteiger charge is 2.37. The Bertz CT molecular complexity index is 408. The number of quaternary nitrogens is 1. The van der Waals surface area contributed by atoms with Crippen molar-refractivity contribution in [2.45, 2.75) is 25.9 Å². The van der Waals surface area contributed by atoms with E-state index in [1.54, 1.807) is 6.20 Å². The average molecular weight is 246 g/mol. The summed E-state index contributed by atoms with van der Waals surface area (Å²) in [6.07, 6.45) is 4.87. The molecule has 1 heterocycles. The Balaban J connectivity index is 1.96. The van der Waals surface area contributed by atoms with Gasteiger partial charge in [0.2, 0.25) is 0 Å². The van der Waals surface area contributed by atoms with Crippen LogP contribution in [0, 0.1) is 0 Å². The van der Waals surface area contributed by atoms with Gasteiger partial charge in [-0.3, -0.25) is 0 Å². The number of nitrogens with zero attached hydrogens (tertiary/aromatic N) is 1. The van der Waals surface area contributed by atoms with Crippen LogP contribution in [0.4, 0.5) is 4.79 Å². The van der Waals surface area contributed by atoms with Crippen LogP contribution in [-0.2, 0) is 11.3 Å². The van der Waals surface area contributed by atoms with Gasteiger partial charge in [-0.05, 0) is 31.4 Å². The third kappa shape index (κ3) is 2.79. The fraction of sp³-hybridized carbons (Fsp3) is 0.400. The number of benzene rings is 1. The van der Waals surface area contributed by atoms with Crippen LogP contribution in [0.1, 0.15) is 24.8 Å². The molecule has 0 aliphatic carbocycles. The van der Waals surface area contributed by atoms with Crippen LogP contribution in [0.15, 0.2) is 43.1 Å². The van der Waals surface area contributed by atoms with E-state index in [9.17, 15) is 4.79 Å². The number of hydrogen-bond acceptors (Lipinski definition) is 2. The lowest BCUT2D eigenvalue weighted by molar-refractivity contribution is -0.812. The van der Waals surface area contributed by atoms with Crippen molar-refractivity contribution in [3.8, 4) is 0 Å². The predicted molar refractivity (Wildman–Crippen MR) is 70.7 cm³/mol. The summed E-state index contributed by atoms with van der Waals surface area (Å²) in [6, 6.07) is 9.76. The minimum atomic E-state index is -0.173. The van der Waals surface area contributed by atoms with E-state index in [4.69, 9.17) is 4.74 Å². The van der Waals surface area contributed by atoms with Gasteiger partial charge in [-0.15, -0.1) is 0 Å². The number of ether oxygens (including phenoxy) is 1. The first kappa shape index (κ1) is 12.8. The molecule has 1 fully saturated rings. The van der Waals surface area contributed by atoms with Gasteiger partial charge in [-0.25, -0.2) is 0 Å². The van der Waals surface area contributed by atoms with Crippen LogP contribution >= 0.6 is 0 Å². The molecule has 2 rings (SSSR count). The van der Waals surface area contributed by atoms with Crippen molar-refractivity contribution in [1.29, 1.82) is 0 Å². The summed E-state index contributed by atoms with van der Waals surface area (Å²) in [5, 5.41) is 0. The average Bonchev–Trinajstić information content (AvgIpc) is 2.46. The zero-order valence-electron chi connectivity index (χ0n) is 10.7. The van der Waals surface area contributed by atoms with E-state index >= 15 is 0 Å². The zero-order chi connectivity index (χ0) is 12.8.